The molecule has 0 saturated carbocycles. The minimum atomic E-state index is 0.308. The van der Waals surface area contributed by atoms with Crippen molar-refractivity contribution in [3.8, 4) is 0 Å². The number of unbranched alkanes of at least 4 members (excludes halogenated alkanes) is 4. The zero-order valence-corrected chi connectivity index (χ0v) is 26.4. The molecule has 4 nitrogen and oxygen atoms in total. The van der Waals surface area contributed by atoms with Crippen molar-refractivity contribution in [2.24, 2.45) is 0 Å². The molecule has 0 spiro atoms. The highest BCUT2D eigenvalue weighted by atomic mass is 79.9. The first-order valence-electron chi connectivity index (χ1n) is 13.3. The molecule has 2 unspecified atom stereocenters. The first kappa shape index (κ1) is 29.9. The first-order chi connectivity index (χ1) is 19.0. The van der Waals surface area contributed by atoms with Crippen molar-refractivity contribution in [1.29, 1.82) is 0 Å². The molecule has 2 N–H and O–H groups in total. The van der Waals surface area contributed by atoms with Crippen LogP contribution in [0.5, 0.6) is 0 Å². The Kier molecular flexibility index (Phi) is 11.9. The smallest absolute Gasteiger partial charge is 0.211 e. The summed E-state index contributed by atoms with van der Waals surface area (Å²) in [5, 5.41) is 8.29. The number of halogens is 4. The number of anilines is 4. The van der Waals surface area contributed by atoms with Crippen molar-refractivity contribution in [2.75, 3.05) is 10.6 Å². The molecule has 0 saturated heterocycles. The summed E-state index contributed by atoms with van der Waals surface area (Å²) < 4.78 is 4.44. The van der Waals surface area contributed by atoms with Crippen LogP contribution in [0.1, 0.15) is 54.8 Å². The highest BCUT2D eigenvalue weighted by molar-refractivity contribution is 9.09. The highest BCUT2D eigenvalue weighted by Crippen LogP contribution is 2.23. The van der Waals surface area contributed by atoms with E-state index in [0.29, 0.717) is 9.90 Å². The molecule has 0 fully saturated rings. The van der Waals surface area contributed by atoms with Crippen LogP contribution in [0.3, 0.4) is 0 Å². The van der Waals surface area contributed by atoms with Gasteiger partial charge in [-0.2, -0.15) is 9.13 Å². The summed E-state index contributed by atoms with van der Waals surface area (Å²) in [7, 11) is 0. The Hall–Kier alpha value is -2.12. The molecule has 2 heterocycles. The second-order valence-electron chi connectivity index (χ2n) is 9.55. The third-order valence-electron chi connectivity index (χ3n) is 6.50. The van der Waals surface area contributed by atoms with Crippen LogP contribution in [0, 0.1) is 0 Å². The number of nitrogens with zero attached hydrogens (tertiary/aromatic N) is 2. The maximum absolute atomic E-state index is 5.97. The Bertz CT molecular complexity index is 1170. The highest BCUT2D eigenvalue weighted by Gasteiger charge is 2.15. The van der Waals surface area contributed by atoms with E-state index in [1.54, 1.807) is 0 Å². The number of alkyl halides is 2. The number of hydrogen-bond donors (Lipinski definition) is 2. The van der Waals surface area contributed by atoms with Crippen LogP contribution in [-0.4, -0.2) is 0 Å². The van der Waals surface area contributed by atoms with Gasteiger partial charge in [-0.15, -0.1) is 0 Å². The van der Waals surface area contributed by atoms with Gasteiger partial charge in [0.25, 0.3) is 0 Å². The van der Waals surface area contributed by atoms with Crippen molar-refractivity contribution in [2.45, 2.75) is 54.8 Å². The standard InChI is InChI=1S/C31H32Br2Cl2N4/c32-30(38-20-16-28(17-21-38)36-26-12-8-24(34)9-13-26)6-4-2-1-3-5-7-31(33)39-22-18-29(19-23-39)37-27-14-10-25(35)11-15-27/h8-23,30-31H,1-7H2/p+2. The molecule has 4 rings (SSSR count). The molecule has 0 aliphatic heterocycles. The minimum Gasteiger partial charge on any atom is -0.355 e. The number of hydrogen-bond acceptors (Lipinski definition) is 2. The summed E-state index contributed by atoms with van der Waals surface area (Å²) in [6.45, 7) is 0. The van der Waals surface area contributed by atoms with Crippen LogP contribution >= 0.6 is 55.1 Å². The zero-order chi connectivity index (χ0) is 27.5. The Morgan fingerprint density at radius 2 is 0.795 bits per heavy atom. The lowest BCUT2D eigenvalue weighted by Crippen LogP contribution is -2.35. The molecule has 0 bridgehead atoms. The minimum absolute atomic E-state index is 0.308. The van der Waals surface area contributed by atoms with Gasteiger partial charge in [0.1, 0.15) is 0 Å². The summed E-state index contributed by atoms with van der Waals surface area (Å²) in [4.78, 5) is 0.616. The predicted molar refractivity (Wildman–Crippen MR) is 171 cm³/mol. The Balaban J connectivity index is 1.08. The number of benzene rings is 2. The predicted octanol–water partition coefficient (Wildman–Crippen LogP) is 10.3. The average molecular weight is 693 g/mol. The van der Waals surface area contributed by atoms with E-state index in [2.05, 4.69) is 101 Å². The SMILES string of the molecule is Clc1ccc(Nc2cc[n+](C(Br)CCCCCCCC(Br)[n+]3ccc(Nc4ccc(Cl)cc4)cc3)cc2)cc1. The first-order valence-corrected chi connectivity index (χ1v) is 15.9. The number of nitrogens with one attached hydrogen (secondary N) is 2. The summed E-state index contributed by atoms with van der Waals surface area (Å²) in [6, 6.07) is 23.9. The van der Waals surface area contributed by atoms with E-state index in [1.807, 2.05) is 48.5 Å². The van der Waals surface area contributed by atoms with Gasteiger partial charge in [-0.25, -0.2) is 0 Å². The summed E-state index contributed by atoms with van der Waals surface area (Å²) in [6.07, 6.45) is 16.9. The van der Waals surface area contributed by atoms with E-state index < -0.39 is 0 Å². The van der Waals surface area contributed by atoms with Crippen molar-refractivity contribution in [3.05, 3.63) is 108 Å². The van der Waals surface area contributed by atoms with Crippen LogP contribution in [0.4, 0.5) is 22.7 Å². The van der Waals surface area contributed by atoms with Crippen LogP contribution in [0.25, 0.3) is 0 Å². The van der Waals surface area contributed by atoms with Crippen molar-refractivity contribution < 1.29 is 9.13 Å². The number of pyridine rings is 2. The van der Waals surface area contributed by atoms with E-state index in [1.165, 1.54) is 32.1 Å². The van der Waals surface area contributed by atoms with E-state index in [4.69, 9.17) is 23.2 Å². The fraction of sp³-hybridized carbons (Fsp3) is 0.290. The second-order valence-corrected chi connectivity index (χ2v) is 12.5. The Morgan fingerprint density at radius 3 is 1.15 bits per heavy atom. The third-order valence-corrected chi connectivity index (χ3v) is 8.87. The molecule has 0 aliphatic carbocycles. The lowest BCUT2D eigenvalue weighted by molar-refractivity contribution is -0.698. The normalized spacial score (nSPS) is 12.6. The quantitative estimate of drug-likeness (QED) is 0.0783. The van der Waals surface area contributed by atoms with Gasteiger partial charge in [0.05, 0.1) is 11.4 Å². The molecule has 4 aromatic rings. The molecule has 39 heavy (non-hydrogen) atoms. The second kappa shape index (κ2) is 15.6. The van der Waals surface area contributed by atoms with Gasteiger partial charge >= 0.3 is 0 Å². The molecule has 0 radical (unpaired) electrons. The molecule has 2 atom stereocenters. The Morgan fingerprint density at radius 1 is 0.487 bits per heavy atom. The van der Waals surface area contributed by atoms with E-state index in [9.17, 15) is 0 Å². The van der Waals surface area contributed by atoms with E-state index in [0.717, 1.165) is 45.6 Å². The molecule has 2 aromatic carbocycles. The van der Waals surface area contributed by atoms with Gasteiger partial charge < -0.3 is 10.6 Å². The summed E-state index contributed by atoms with van der Waals surface area (Å²) >= 11 is 19.6. The molecule has 0 amide bonds. The largest absolute Gasteiger partial charge is 0.355 e. The molecule has 8 heteroatoms. The van der Waals surface area contributed by atoms with Crippen LogP contribution in [-0.2, 0) is 0 Å². The lowest BCUT2D eigenvalue weighted by atomic mass is 10.1. The van der Waals surface area contributed by atoms with Gasteiger partial charge in [0.15, 0.2) is 24.8 Å². The maximum Gasteiger partial charge on any atom is 0.211 e. The van der Waals surface area contributed by atoms with Gasteiger partial charge in [0.2, 0.25) is 9.90 Å². The van der Waals surface area contributed by atoms with Gasteiger partial charge in [0, 0.05) is 58.5 Å². The topological polar surface area (TPSA) is 31.8 Å². The van der Waals surface area contributed by atoms with E-state index in [-0.39, 0.29) is 0 Å². The van der Waals surface area contributed by atoms with Gasteiger partial charge in [-0.1, -0.05) is 42.5 Å². The van der Waals surface area contributed by atoms with Crippen LogP contribution in [0.2, 0.25) is 10.0 Å². The molecule has 0 aliphatic rings. The Labute approximate surface area is 258 Å². The average Bonchev–Trinajstić information content (AvgIpc) is 2.95. The van der Waals surface area contributed by atoms with E-state index >= 15 is 0 Å². The van der Waals surface area contributed by atoms with Crippen molar-refractivity contribution >= 4 is 77.8 Å². The fourth-order valence-corrected chi connectivity index (χ4v) is 5.72. The monoisotopic (exact) mass is 690 g/mol. The number of aromatic nitrogens is 2. The van der Waals surface area contributed by atoms with Gasteiger partial charge in [-0.3, -0.25) is 0 Å². The zero-order valence-electron chi connectivity index (χ0n) is 21.7. The summed E-state index contributed by atoms with van der Waals surface area (Å²) in [5.74, 6) is 0. The van der Waals surface area contributed by atoms with Crippen LogP contribution < -0.4 is 19.8 Å². The number of rotatable bonds is 14. The fourth-order valence-electron chi connectivity index (χ4n) is 4.27. The van der Waals surface area contributed by atoms with Gasteiger partial charge in [-0.05, 0) is 93.2 Å². The molecule has 2 aromatic heterocycles. The molecular formula is C31H34Br2Cl2N4+2. The molecule has 204 valence electrons. The third kappa shape index (κ3) is 10.1. The van der Waals surface area contributed by atoms with Crippen molar-refractivity contribution in [1.82, 2.24) is 0 Å². The molecular weight excluding hydrogens is 659 g/mol. The maximum atomic E-state index is 5.97. The van der Waals surface area contributed by atoms with Crippen molar-refractivity contribution in [3.63, 3.8) is 0 Å². The lowest BCUT2D eigenvalue weighted by Gasteiger charge is -2.09. The summed E-state index contributed by atoms with van der Waals surface area (Å²) in [5.41, 5.74) is 4.17. The van der Waals surface area contributed by atoms with Crippen LogP contribution in [0.15, 0.2) is 97.6 Å².